The SMILES string of the molecule is CC(C)(C)c1cc(Oc2cc(C(C)(C)C)c3c4ccccc4n(-c4cc(C(C)(C)c5ccccc5)ccn4)c3c2)cc(N2CN(c3cc(C(C)(C)C)cc(C(C)(C)C)c3)C=C2C(C)(C)c2ccccc2)c1. The molecule has 6 aromatic carbocycles. The molecule has 1 aliphatic rings. The molecule has 0 unspecified atom stereocenters. The van der Waals surface area contributed by atoms with Gasteiger partial charge >= 0.3 is 0 Å². The van der Waals surface area contributed by atoms with E-state index in [1.54, 1.807) is 0 Å². The average Bonchev–Trinajstić information content (AvgIpc) is 3.92. The highest BCUT2D eigenvalue weighted by Crippen LogP contribution is 2.46. The van der Waals surface area contributed by atoms with Gasteiger partial charge in [0.05, 0.1) is 17.7 Å². The topological polar surface area (TPSA) is 33.5 Å². The Hall–Kier alpha value is -6.59. The summed E-state index contributed by atoms with van der Waals surface area (Å²) in [7, 11) is 0. The summed E-state index contributed by atoms with van der Waals surface area (Å²) in [5, 5.41) is 2.42. The van der Waals surface area contributed by atoms with Gasteiger partial charge in [0.1, 0.15) is 17.3 Å². The number of pyridine rings is 1. The number of hydrogen-bond acceptors (Lipinski definition) is 4. The smallest absolute Gasteiger partial charge is 0.137 e. The zero-order chi connectivity index (χ0) is 51.1. The maximum Gasteiger partial charge on any atom is 0.137 e. The summed E-state index contributed by atoms with van der Waals surface area (Å²) >= 11 is 0. The molecule has 0 aliphatic carbocycles. The molecule has 3 heterocycles. The van der Waals surface area contributed by atoms with Crippen molar-refractivity contribution in [2.45, 2.75) is 143 Å². The van der Waals surface area contributed by atoms with E-state index in [1.165, 1.54) is 61.1 Å². The molecule has 0 radical (unpaired) electrons. The van der Waals surface area contributed by atoms with Crippen molar-refractivity contribution in [3.05, 3.63) is 203 Å². The van der Waals surface area contributed by atoms with Crippen LogP contribution in [0.3, 0.4) is 0 Å². The summed E-state index contributed by atoms with van der Waals surface area (Å²) in [5.74, 6) is 2.48. The van der Waals surface area contributed by atoms with Crippen molar-refractivity contribution in [3.63, 3.8) is 0 Å². The van der Waals surface area contributed by atoms with Crippen molar-refractivity contribution in [2.24, 2.45) is 0 Å². The van der Waals surface area contributed by atoms with Gasteiger partial charge in [-0.2, -0.15) is 0 Å². The zero-order valence-electron chi connectivity index (χ0n) is 45.4. The Labute approximate surface area is 425 Å². The highest BCUT2D eigenvalue weighted by Gasteiger charge is 2.37. The maximum absolute atomic E-state index is 7.31. The largest absolute Gasteiger partial charge is 0.457 e. The van der Waals surface area contributed by atoms with Gasteiger partial charge in [-0.1, -0.05) is 196 Å². The van der Waals surface area contributed by atoms with E-state index in [4.69, 9.17) is 9.72 Å². The van der Waals surface area contributed by atoms with E-state index in [1.807, 2.05) is 6.20 Å². The molecular formula is C66H76N4O. The summed E-state index contributed by atoms with van der Waals surface area (Å²) in [5.41, 5.74) is 13.6. The van der Waals surface area contributed by atoms with Gasteiger partial charge in [-0.05, 0) is 109 Å². The van der Waals surface area contributed by atoms with Crippen LogP contribution in [0.1, 0.15) is 150 Å². The molecule has 0 N–H and O–H groups in total. The highest BCUT2D eigenvalue weighted by molar-refractivity contribution is 6.11. The van der Waals surface area contributed by atoms with E-state index in [9.17, 15) is 0 Å². The molecule has 366 valence electrons. The third kappa shape index (κ3) is 9.53. The van der Waals surface area contributed by atoms with Gasteiger partial charge < -0.3 is 14.5 Å². The first-order valence-electron chi connectivity index (χ1n) is 25.6. The fourth-order valence-electron chi connectivity index (χ4n) is 10.3. The lowest BCUT2D eigenvalue weighted by atomic mass is 9.78. The minimum Gasteiger partial charge on any atom is -0.457 e. The van der Waals surface area contributed by atoms with E-state index < -0.39 is 0 Å². The second-order valence-corrected chi connectivity index (χ2v) is 25.2. The predicted molar refractivity (Wildman–Crippen MR) is 302 cm³/mol. The third-order valence-electron chi connectivity index (χ3n) is 15.0. The fourth-order valence-corrected chi connectivity index (χ4v) is 10.3. The van der Waals surface area contributed by atoms with Gasteiger partial charge in [0, 0.05) is 63.2 Å². The monoisotopic (exact) mass is 941 g/mol. The molecule has 0 fully saturated rings. The lowest BCUT2D eigenvalue weighted by molar-refractivity contribution is 0.475. The quantitative estimate of drug-likeness (QED) is 0.144. The van der Waals surface area contributed by atoms with Gasteiger partial charge in [0.2, 0.25) is 0 Å². The van der Waals surface area contributed by atoms with Crippen molar-refractivity contribution in [3.8, 4) is 17.3 Å². The first-order chi connectivity index (χ1) is 33.2. The Morgan fingerprint density at radius 3 is 1.56 bits per heavy atom. The first kappa shape index (κ1) is 49.4. The molecule has 0 amide bonds. The van der Waals surface area contributed by atoms with Gasteiger partial charge in [-0.3, -0.25) is 4.57 Å². The number of allylic oxidation sites excluding steroid dienone is 1. The van der Waals surface area contributed by atoms with Crippen LogP contribution in [0.5, 0.6) is 11.5 Å². The summed E-state index contributed by atoms with van der Waals surface area (Å²) in [6.45, 7) is 37.7. The fraction of sp³-hybridized carbons (Fsp3) is 0.348. The van der Waals surface area contributed by atoms with Crippen molar-refractivity contribution < 1.29 is 4.74 Å². The van der Waals surface area contributed by atoms with Crippen LogP contribution in [-0.2, 0) is 32.5 Å². The number of nitrogens with zero attached hydrogens (tertiary/aromatic N) is 4. The molecule has 1 aliphatic heterocycles. The lowest BCUT2D eigenvalue weighted by Gasteiger charge is -2.35. The summed E-state index contributed by atoms with van der Waals surface area (Å²) in [6.07, 6.45) is 4.37. The molecule has 2 aromatic heterocycles. The average molecular weight is 941 g/mol. The van der Waals surface area contributed by atoms with Crippen LogP contribution >= 0.6 is 0 Å². The number of anilines is 2. The van der Waals surface area contributed by atoms with E-state index in [0.29, 0.717) is 6.67 Å². The molecular weight excluding hydrogens is 865 g/mol. The van der Waals surface area contributed by atoms with Crippen LogP contribution in [0, 0.1) is 0 Å². The molecule has 0 atom stereocenters. The maximum atomic E-state index is 7.31. The molecule has 0 saturated heterocycles. The second-order valence-electron chi connectivity index (χ2n) is 25.2. The lowest BCUT2D eigenvalue weighted by Crippen LogP contribution is -2.34. The molecule has 0 spiro atoms. The van der Waals surface area contributed by atoms with Crippen molar-refractivity contribution in [2.75, 3.05) is 16.5 Å². The molecule has 71 heavy (non-hydrogen) atoms. The Balaban J connectivity index is 1.21. The molecule has 0 saturated carbocycles. The van der Waals surface area contributed by atoms with Crippen molar-refractivity contribution >= 4 is 33.2 Å². The Kier molecular flexibility index (Phi) is 12.3. The molecule has 5 nitrogen and oxygen atoms in total. The molecule has 9 rings (SSSR count). The van der Waals surface area contributed by atoms with Crippen molar-refractivity contribution in [1.29, 1.82) is 0 Å². The Morgan fingerprint density at radius 2 is 0.972 bits per heavy atom. The molecule has 5 heteroatoms. The standard InChI is InChI=1S/C66H76N4O/c1-61(2,3)47-33-48(62(4,5)6)35-50(34-47)68-42-58(66(15,16)45-27-21-18-22-28-45)69(43-68)51-36-49(63(7,8)9)37-52(39-51)71-53-40-55(64(10,11)12)60-54-29-23-24-30-56(54)70(57(60)41-53)59-38-46(31-32-67-59)65(13,14)44-25-19-17-20-26-44/h17-42H,43H2,1-16H3. The normalized spacial score (nSPS) is 14.2. The first-order valence-corrected chi connectivity index (χ1v) is 25.6. The zero-order valence-corrected chi connectivity index (χ0v) is 45.4. The van der Waals surface area contributed by atoms with Gasteiger partial charge in [-0.15, -0.1) is 0 Å². The van der Waals surface area contributed by atoms with Crippen LogP contribution in [-0.4, -0.2) is 16.2 Å². The van der Waals surface area contributed by atoms with E-state index in [2.05, 4.69) is 277 Å². The van der Waals surface area contributed by atoms with Crippen molar-refractivity contribution in [1.82, 2.24) is 9.55 Å². The van der Waals surface area contributed by atoms with Gasteiger partial charge in [-0.25, -0.2) is 4.98 Å². The number of para-hydroxylation sites is 1. The third-order valence-corrected chi connectivity index (χ3v) is 15.0. The number of hydrogen-bond donors (Lipinski definition) is 0. The van der Waals surface area contributed by atoms with Crippen LogP contribution in [0.4, 0.5) is 11.4 Å². The van der Waals surface area contributed by atoms with E-state index in [-0.39, 0.29) is 32.5 Å². The summed E-state index contributed by atoms with van der Waals surface area (Å²) < 4.78 is 9.65. The van der Waals surface area contributed by atoms with Gasteiger partial charge in [0.25, 0.3) is 0 Å². The summed E-state index contributed by atoms with van der Waals surface area (Å²) in [6, 6.07) is 53.5. The van der Waals surface area contributed by atoms with Crippen LogP contribution in [0.25, 0.3) is 27.6 Å². The second kappa shape index (κ2) is 17.6. The van der Waals surface area contributed by atoms with Crippen LogP contribution in [0.15, 0.2) is 164 Å². The highest BCUT2D eigenvalue weighted by atomic mass is 16.5. The van der Waals surface area contributed by atoms with Crippen LogP contribution in [0.2, 0.25) is 0 Å². The Bertz CT molecular complexity index is 3260. The number of fused-ring (bicyclic) bond motifs is 3. The predicted octanol–water partition coefficient (Wildman–Crippen LogP) is 17.6. The molecule has 8 aromatic rings. The molecule has 0 bridgehead atoms. The minimum atomic E-state index is -0.328. The van der Waals surface area contributed by atoms with Crippen LogP contribution < -0.4 is 14.5 Å². The number of ether oxygens (including phenoxy) is 1. The van der Waals surface area contributed by atoms with E-state index in [0.717, 1.165) is 34.0 Å². The number of rotatable bonds is 9. The number of benzene rings is 6. The number of aromatic nitrogens is 2. The minimum absolute atomic E-state index is 0.0113. The van der Waals surface area contributed by atoms with Gasteiger partial charge in [0.15, 0.2) is 0 Å². The summed E-state index contributed by atoms with van der Waals surface area (Å²) in [4.78, 5) is 10.1. The Morgan fingerprint density at radius 1 is 0.437 bits per heavy atom. The van der Waals surface area contributed by atoms with E-state index >= 15 is 0 Å².